The van der Waals surface area contributed by atoms with Gasteiger partial charge in [-0.05, 0) is 44.2 Å². The van der Waals surface area contributed by atoms with Crippen LogP contribution in [-0.4, -0.2) is 61.7 Å². The Bertz CT molecular complexity index is 260. The van der Waals surface area contributed by atoms with E-state index in [2.05, 4.69) is 22.0 Å². The van der Waals surface area contributed by atoms with Crippen LogP contribution < -0.4 is 5.32 Å². The molecule has 3 fully saturated rings. The molecule has 2 atom stereocenters. The zero-order valence-corrected chi connectivity index (χ0v) is 11.2. The monoisotopic (exact) mass is 237 g/mol. The van der Waals surface area contributed by atoms with Gasteiger partial charge in [-0.3, -0.25) is 9.80 Å². The Morgan fingerprint density at radius 3 is 3.00 bits per heavy atom. The van der Waals surface area contributed by atoms with Crippen molar-refractivity contribution in [1.82, 2.24) is 15.1 Å². The minimum absolute atomic E-state index is 0.527. The molecule has 0 aromatic rings. The number of nitrogens with zero attached hydrogens (tertiary/aromatic N) is 2. The third kappa shape index (κ3) is 2.67. The normalized spacial score (nSPS) is 40.4. The van der Waals surface area contributed by atoms with E-state index in [0.29, 0.717) is 5.41 Å². The first-order valence-electron chi connectivity index (χ1n) is 7.42. The lowest BCUT2D eigenvalue weighted by Gasteiger charge is -2.43. The molecule has 98 valence electrons. The fourth-order valence-electron chi connectivity index (χ4n) is 3.99. The summed E-state index contributed by atoms with van der Waals surface area (Å²) in [6.07, 6.45) is 5.63. The van der Waals surface area contributed by atoms with E-state index in [1.165, 1.54) is 71.5 Å². The van der Waals surface area contributed by atoms with Gasteiger partial charge in [0, 0.05) is 38.8 Å². The van der Waals surface area contributed by atoms with Crippen molar-refractivity contribution in [3.8, 4) is 0 Å². The van der Waals surface area contributed by atoms with Gasteiger partial charge in [0.2, 0.25) is 0 Å². The quantitative estimate of drug-likeness (QED) is 0.777. The first-order valence-corrected chi connectivity index (χ1v) is 7.42. The van der Waals surface area contributed by atoms with E-state index in [0.717, 1.165) is 6.04 Å². The van der Waals surface area contributed by atoms with Gasteiger partial charge >= 0.3 is 0 Å². The summed E-state index contributed by atoms with van der Waals surface area (Å²) in [5, 5.41) is 3.57. The van der Waals surface area contributed by atoms with Gasteiger partial charge in [0.25, 0.3) is 0 Å². The van der Waals surface area contributed by atoms with Crippen molar-refractivity contribution >= 4 is 0 Å². The predicted octanol–water partition coefficient (Wildman–Crippen LogP) is 1.16. The van der Waals surface area contributed by atoms with E-state index in [9.17, 15) is 0 Å². The minimum Gasteiger partial charge on any atom is -0.316 e. The lowest BCUT2D eigenvalue weighted by atomic mass is 9.82. The number of piperidine rings is 1. The van der Waals surface area contributed by atoms with Crippen LogP contribution in [-0.2, 0) is 0 Å². The van der Waals surface area contributed by atoms with Gasteiger partial charge in [0.05, 0.1) is 0 Å². The van der Waals surface area contributed by atoms with E-state index in [1.807, 2.05) is 0 Å². The Balaban J connectivity index is 1.54. The second-order valence-electron chi connectivity index (χ2n) is 6.66. The molecule has 17 heavy (non-hydrogen) atoms. The molecule has 0 aliphatic carbocycles. The third-order valence-electron chi connectivity index (χ3n) is 4.96. The van der Waals surface area contributed by atoms with Crippen LogP contribution >= 0.6 is 0 Å². The van der Waals surface area contributed by atoms with Crippen LogP contribution in [0.25, 0.3) is 0 Å². The summed E-state index contributed by atoms with van der Waals surface area (Å²) >= 11 is 0. The van der Waals surface area contributed by atoms with Crippen molar-refractivity contribution in [2.24, 2.45) is 5.41 Å². The smallest absolute Gasteiger partial charge is 0.0224 e. The van der Waals surface area contributed by atoms with Gasteiger partial charge in [0.15, 0.2) is 0 Å². The van der Waals surface area contributed by atoms with Crippen LogP contribution in [0.4, 0.5) is 0 Å². The van der Waals surface area contributed by atoms with Crippen LogP contribution in [0.2, 0.25) is 0 Å². The second-order valence-corrected chi connectivity index (χ2v) is 6.66. The number of rotatable bonds is 2. The van der Waals surface area contributed by atoms with Crippen molar-refractivity contribution in [2.75, 3.05) is 45.8 Å². The third-order valence-corrected chi connectivity index (χ3v) is 4.96. The predicted molar refractivity (Wildman–Crippen MR) is 71.2 cm³/mol. The van der Waals surface area contributed by atoms with Crippen LogP contribution in [0, 0.1) is 5.41 Å². The summed E-state index contributed by atoms with van der Waals surface area (Å²) in [6, 6.07) is 0.879. The summed E-state index contributed by atoms with van der Waals surface area (Å²) < 4.78 is 0. The highest BCUT2D eigenvalue weighted by molar-refractivity contribution is 4.91. The van der Waals surface area contributed by atoms with Crippen molar-refractivity contribution in [1.29, 1.82) is 0 Å². The maximum atomic E-state index is 3.57. The van der Waals surface area contributed by atoms with Crippen LogP contribution in [0.3, 0.4) is 0 Å². The number of hydrogen-bond donors (Lipinski definition) is 1. The van der Waals surface area contributed by atoms with Crippen molar-refractivity contribution in [3.05, 3.63) is 0 Å². The Morgan fingerprint density at radius 2 is 2.18 bits per heavy atom. The first kappa shape index (κ1) is 11.9. The molecule has 3 heteroatoms. The highest BCUT2D eigenvalue weighted by atomic mass is 15.3. The maximum absolute atomic E-state index is 3.57. The maximum Gasteiger partial charge on any atom is 0.0224 e. The van der Waals surface area contributed by atoms with Crippen LogP contribution in [0.5, 0.6) is 0 Å². The molecule has 1 N–H and O–H groups in total. The standard InChI is InChI=1S/C14H27N3/c1-14(5-3-6-15-11-14)12-16-8-9-17-7-2-4-13(17)10-16/h13,15H,2-12H2,1H3. The van der Waals surface area contributed by atoms with Gasteiger partial charge in [0.1, 0.15) is 0 Å². The fourth-order valence-corrected chi connectivity index (χ4v) is 3.99. The van der Waals surface area contributed by atoms with Crippen LogP contribution in [0.1, 0.15) is 32.6 Å². The molecule has 3 rings (SSSR count). The zero-order valence-electron chi connectivity index (χ0n) is 11.2. The average molecular weight is 237 g/mol. The SMILES string of the molecule is CC1(CN2CCN3CCCC3C2)CCCNC1. The summed E-state index contributed by atoms with van der Waals surface area (Å²) in [7, 11) is 0. The fraction of sp³-hybridized carbons (Fsp3) is 1.00. The van der Waals surface area contributed by atoms with Crippen molar-refractivity contribution in [3.63, 3.8) is 0 Å². The molecule has 3 saturated heterocycles. The van der Waals surface area contributed by atoms with Gasteiger partial charge < -0.3 is 5.32 Å². The van der Waals surface area contributed by atoms with E-state index in [1.54, 1.807) is 0 Å². The molecule has 0 bridgehead atoms. The van der Waals surface area contributed by atoms with Crippen LogP contribution in [0.15, 0.2) is 0 Å². The summed E-state index contributed by atoms with van der Waals surface area (Å²) in [4.78, 5) is 5.44. The molecule has 0 spiro atoms. The van der Waals surface area contributed by atoms with Gasteiger partial charge in [-0.15, -0.1) is 0 Å². The minimum atomic E-state index is 0.527. The summed E-state index contributed by atoms with van der Waals surface area (Å²) in [5.41, 5.74) is 0.527. The lowest BCUT2D eigenvalue weighted by Crippen LogP contribution is -2.54. The van der Waals surface area contributed by atoms with E-state index in [-0.39, 0.29) is 0 Å². The molecule has 0 saturated carbocycles. The van der Waals surface area contributed by atoms with Gasteiger partial charge in [-0.2, -0.15) is 0 Å². The van der Waals surface area contributed by atoms with Crippen molar-refractivity contribution in [2.45, 2.75) is 38.6 Å². The van der Waals surface area contributed by atoms with Gasteiger partial charge in [-0.25, -0.2) is 0 Å². The topological polar surface area (TPSA) is 18.5 Å². The Hall–Kier alpha value is -0.120. The average Bonchev–Trinajstić information content (AvgIpc) is 2.76. The van der Waals surface area contributed by atoms with E-state index < -0.39 is 0 Å². The van der Waals surface area contributed by atoms with E-state index in [4.69, 9.17) is 0 Å². The molecule has 2 unspecified atom stereocenters. The molecule has 0 radical (unpaired) electrons. The molecule has 3 nitrogen and oxygen atoms in total. The highest BCUT2D eigenvalue weighted by Crippen LogP contribution is 2.29. The number of hydrogen-bond acceptors (Lipinski definition) is 3. The number of nitrogens with one attached hydrogen (secondary N) is 1. The first-order chi connectivity index (χ1) is 8.25. The highest BCUT2D eigenvalue weighted by Gasteiger charge is 2.34. The van der Waals surface area contributed by atoms with E-state index >= 15 is 0 Å². The molecular weight excluding hydrogens is 210 g/mol. The van der Waals surface area contributed by atoms with Gasteiger partial charge in [-0.1, -0.05) is 6.92 Å². The Labute approximate surface area is 106 Å². The largest absolute Gasteiger partial charge is 0.316 e. The zero-order chi connectivity index (χ0) is 11.7. The Morgan fingerprint density at radius 1 is 1.24 bits per heavy atom. The molecule has 0 aromatic heterocycles. The number of fused-ring (bicyclic) bond motifs is 1. The molecule has 3 aliphatic rings. The molecular formula is C14H27N3. The molecule has 3 heterocycles. The second kappa shape index (κ2) is 4.87. The Kier molecular flexibility index (Phi) is 3.42. The summed E-state index contributed by atoms with van der Waals surface area (Å²) in [5.74, 6) is 0. The molecule has 0 amide bonds. The number of piperazine rings is 1. The lowest BCUT2D eigenvalue weighted by molar-refractivity contribution is 0.0601. The molecule has 3 aliphatic heterocycles. The molecule has 0 aromatic carbocycles. The van der Waals surface area contributed by atoms with Crippen molar-refractivity contribution < 1.29 is 0 Å². The summed E-state index contributed by atoms with van der Waals surface area (Å²) in [6.45, 7) is 11.5.